The lowest BCUT2D eigenvalue weighted by molar-refractivity contribution is 0.365. The van der Waals surface area contributed by atoms with Crippen molar-refractivity contribution < 1.29 is 9.31 Å². The first-order valence-electron chi connectivity index (χ1n) is 4.16. The van der Waals surface area contributed by atoms with Gasteiger partial charge in [0.05, 0.1) is 13.2 Å². The summed E-state index contributed by atoms with van der Waals surface area (Å²) in [6.45, 7) is 3.48. The van der Waals surface area contributed by atoms with E-state index < -0.39 is 0 Å². The first-order valence-corrected chi connectivity index (χ1v) is 4.16. The zero-order valence-electron chi connectivity index (χ0n) is 7.12. The average molecular weight is 162 g/mol. The summed E-state index contributed by atoms with van der Waals surface area (Å²) in [5, 5.41) is 0. The van der Waals surface area contributed by atoms with Crippen molar-refractivity contribution in [1.82, 2.24) is 0 Å². The van der Waals surface area contributed by atoms with Crippen LogP contribution in [-0.4, -0.2) is 20.3 Å². The Morgan fingerprint density at radius 3 is 2.50 bits per heavy atom. The molecule has 0 amide bonds. The molecule has 2 nitrogen and oxygen atoms in total. The van der Waals surface area contributed by atoms with E-state index in [0.717, 1.165) is 5.46 Å². The van der Waals surface area contributed by atoms with Crippen molar-refractivity contribution in [2.75, 3.05) is 13.2 Å². The molecule has 0 atom stereocenters. The maximum atomic E-state index is 5.40. The van der Waals surface area contributed by atoms with Crippen molar-refractivity contribution >= 4 is 12.6 Å². The summed E-state index contributed by atoms with van der Waals surface area (Å²) in [7, 11) is -0.133. The van der Waals surface area contributed by atoms with Gasteiger partial charge in [-0.05, 0) is 12.4 Å². The Kier molecular flexibility index (Phi) is 2.15. The standard InChI is InChI=1S/C9H11BO2/c1-8-4-2-3-5-9(8)10-11-6-7-12-10/h2-5H,6-7H2,1H3. The summed E-state index contributed by atoms with van der Waals surface area (Å²) < 4.78 is 10.8. The molecule has 62 valence electrons. The third-order valence-electron chi connectivity index (χ3n) is 2.06. The second-order valence-electron chi connectivity index (χ2n) is 2.93. The fourth-order valence-corrected chi connectivity index (χ4v) is 1.39. The van der Waals surface area contributed by atoms with Crippen LogP contribution in [0.2, 0.25) is 0 Å². The maximum Gasteiger partial charge on any atom is 0.494 e. The average Bonchev–Trinajstić information content (AvgIpc) is 2.57. The van der Waals surface area contributed by atoms with Crippen molar-refractivity contribution in [3.8, 4) is 0 Å². The van der Waals surface area contributed by atoms with E-state index in [1.807, 2.05) is 18.2 Å². The van der Waals surface area contributed by atoms with Crippen molar-refractivity contribution in [1.29, 1.82) is 0 Å². The van der Waals surface area contributed by atoms with Gasteiger partial charge in [-0.25, -0.2) is 0 Å². The van der Waals surface area contributed by atoms with Crippen LogP contribution >= 0.6 is 0 Å². The summed E-state index contributed by atoms with van der Waals surface area (Å²) in [5.41, 5.74) is 2.37. The van der Waals surface area contributed by atoms with Crippen LogP contribution < -0.4 is 5.46 Å². The molecule has 3 heteroatoms. The van der Waals surface area contributed by atoms with E-state index in [1.54, 1.807) is 0 Å². The molecule has 0 radical (unpaired) electrons. The molecule has 1 aliphatic heterocycles. The van der Waals surface area contributed by atoms with Crippen LogP contribution in [0.5, 0.6) is 0 Å². The summed E-state index contributed by atoms with van der Waals surface area (Å²) >= 11 is 0. The number of aryl methyl sites for hydroxylation is 1. The summed E-state index contributed by atoms with van der Waals surface area (Å²) in [6, 6.07) is 8.15. The van der Waals surface area contributed by atoms with E-state index >= 15 is 0 Å². The quantitative estimate of drug-likeness (QED) is 0.567. The van der Waals surface area contributed by atoms with E-state index in [9.17, 15) is 0 Å². The fraction of sp³-hybridized carbons (Fsp3) is 0.333. The molecule has 1 aromatic carbocycles. The molecule has 2 rings (SSSR count). The Balaban J connectivity index is 2.26. The van der Waals surface area contributed by atoms with E-state index in [0.29, 0.717) is 13.2 Å². The van der Waals surface area contributed by atoms with Crippen LogP contribution in [-0.2, 0) is 9.31 Å². The highest BCUT2D eigenvalue weighted by atomic mass is 16.6. The summed E-state index contributed by atoms with van der Waals surface area (Å²) in [4.78, 5) is 0. The van der Waals surface area contributed by atoms with Crippen LogP contribution in [0.25, 0.3) is 0 Å². The van der Waals surface area contributed by atoms with Crippen molar-refractivity contribution in [3.05, 3.63) is 29.8 Å². The monoisotopic (exact) mass is 162 g/mol. The van der Waals surface area contributed by atoms with Gasteiger partial charge in [-0.2, -0.15) is 0 Å². The molecule has 0 saturated carbocycles. The van der Waals surface area contributed by atoms with Gasteiger partial charge in [-0.15, -0.1) is 0 Å². The van der Waals surface area contributed by atoms with Crippen molar-refractivity contribution in [2.45, 2.75) is 6.92 Å². The number of rotatable bonds is 1. The number of hydrogen-bond donors (Lipinski definition) is 0. The van der Waals surface area contributed by atoms with Gasteiger partial charge in [0.1, 0.15) is 0 Å². The lowest BCUT2D eigenvalue weighted by atomic mass is 9.77. The van der Waals surface area contributed by atoms with Gasteiger partial charge in [0.2, 0.25) is 0 Å². The third kappa shape index (κ3) is 1.38. The van der Waals surface area contributed by atoms with Crippen molar-refractivity contribution in [2.24, 2.45) is 0 Å². The zero-order chi connectivity index (χ0) is 8.39. The van der Waals surface area contributed by atoms with Gasteiger partial charge in [0, 0.05) is 0 Å². The topological polar surface area (TPSA) is 18.5 Å². The Bertz CT molecular complexity index is 269. The van der Waals surface area contributed by atoms with Crippen LogP contribution in [0.15, 0.2) is 24.3 Å². The SMILES string of the molecule is Cc1ccccc1B1OCCO1. The Morgan fingerprint density at radius 2 is 1.83 bits per heavy atom. The molecule has 0 aromatic heterocycles. The van der Waals surface area contributed by atoms with Crippen LogP contribution in [0.1, 0.15) is 5.56 Å². The molecule has 1 heterocycles. The van der Waals surface area contributed by atoms with Gasteiger partial charge in [-0.1, -0.05) is 29.8 Å². The van der Waals surface area contributed by atoms with Crippen LogP contribution in [0, 0.1) is 6.92 Å². The Labute approximate surface area is 72.6 Å². The summed E-state index contributed by atoms with van der Waals surface area (Å²) in [6.07, 6.45) is 0. The van der Waals surface area contributed by atoms with Crippen LogP contribution in [0.4, 0.5) is 0 Å². The molecule has 1 saturated heterocycles. The molecule has 1 fully saturated rings. The second-order valence-corrected chi connectivity index (χ2v) is 2.93. The minimum absolute atomic E-state index is 0.133. The molecular weight excluding hydrogens is 151 g/mol. The number of benzene rings is 1. The fourth-order valence-electron chi connectivity index (χ4n) is 1.39. The molecule has 0 spiro atoms. The maximum absolute atomic E-state index is 5.40. The lowest BCUT2D eigenvalue weighted by Crippen LogP contribution is -2.33. The highest BCUT2D eigenvalue weighted by molar-refractivity contribution is 6.62. The largest absolute Gasteiger partial charge is 0.494 e. The zero-order valence-corrected chi connectivity index (χ0v) is 7.12. The molecule has 12 heavy (non-hydrogen) atoms. The highest BCUT2D eigenvalue weighted by Gasteiger charge is 2.26. The van der Waals surface area contributed by atoms with E-state index in [2.05, 4.69) is 13.0 Å². The Hall–Kier alpha value is -0.795. The molecule has 1 aliphatic rings. The van der Waals surface area contributed by atoms with Gasteiger partial charge in [0.25, 0.3) is 0 Å². The smallest absolute Gasteiger partial charge is 0.405 e. The first kappa shape index (κ1) is 7.83. The van der Waals surface area contributed by atoms with E-state index in [-0.39, 0.29) is 7.12 Å². The molecular formula is C9H11BO2. The molecule has 0 N–H and O–H groups in total. The summed E-state index contributed by atoms with van der Waals surface area (Å²) in [5.74, 6) is 0. The van der Waals surface area contributed by atoms with Gasteiger partial charge >= 0.3 is 7.12 Å². The Morgan fingerprint density at radius 1 is 1.17 bits per heavy atom. The number of hydrogen-bond acceptors (Lipinski definition) is 2. The highest BCUT2D eigenvalue weighted by Crippen LogP contribution is 2.03. The molecule has 0 unspecified atom stereocenters. The van der Waals surface area contributed by atoms with Crippen molar-refractivity contribution in [3.63, 3.8) is 0 Å². The third-order valence-corrected chi connectivity index (χ3v) is 2.06. The van der Waals surface area contributed by atoms with Gasteiger partial charge < -0.3 is 9.31 Å². The van der Waals surface area contributed by atoms with Crippen LogP contribution in [0.3, 0.4) is 0 Å². The predicted molar refractivity (Wildman–Crippen MR) is 48.5 cm³/mol. The molecule has 0 bridgehead atoms. The van der Waals surface area contributed by atoms with E-state index in [4.69, 9.17) is 9.31 Å². The minimum Gasteiger partial charge on any atom is -0.405 e. The predicted octanol–water partition coefficient (Wildman–Crippen LogP) is 0.737. The molecule has 1 aromatic rings. The second kappa shape index (κ2) is 3.29. The minimum atomic E-state index is -0.133. The van der Waals surface area contributed by atoms with E-state index in [1.165, 1.54) is 5.56 Å². The van der Waals surface area contributed by atoms with Gasteiger partial charge in [-0.3, -0.25) is 0 Å². The normalized spacial score (nSPS) is 16.9. The molecule has 0 aliphatic carbocycles. The lowest BCUT2D eigenvalue weighted by Gasteiger charge is -2.06. The van der Waals surface area contributed by atoms with Gasteiger partial charge in [0.15, 0.2) is 0 Å². The first-order chi connectivity index (χ1) is 5.88.